The zero-order valence-electron chi connectivity index (χ0n) is 46.0. The van der Waals surface area contributed by atoms with Gasteiger partial charge in [0.1, 0.15) is 11.5 Å². The van der Waals surface area contributed by atoms with Gasteiger partial charge in [-0.25, -0.2) is 0 Å². The quantitative estimate of drug-likeness (QED) is 0.140. The first-order chi connectivity index (χ1) is 31.8. The van der Waals surface area contributed by atoms with Crippen LogP contribution in [0.15, 0.2) is 131 Å². The van der Waals surface area contributed by atoms with Gasteiger partial charge in [-0.3, -0.25) is 0 Å². The third kappa shape index (κ3) is 13.9. The molecule has 360 valence electrons. The van der Waals surface area contributed by atoms with E-state index in [2.05, 4.69) is 260 Å². The van der Waals surface area contributed by atoms with E-state index < -0.39 is 0 Å². The molecule has 0 saturated carbocycles. The van der Waals surface area contributed by atoms with E-state index in [9.17, 15) is 0 Å². The van der Waals surface area contributed by atoms with E-state index in [0.717, 1.165) is 11.5 Å². The Morgan fingerprint density at radius 1 is 0.353 bits per heavy atom. The van der Waals surface area contributed by atoms with Gasteiger partial charge in [-0.15, -0.1) is 0 Å². The van der Waals surface area contributed by atoms with Crippen molar-refractivity contribution in [1.29, 1.82) is 0 Å². The van der Waals surface area contributed by atoms with Crippen molar-refractivity contribution >= 4 is 58.0 Å². The molecule has 8 rings (SSSR count). The van der Waals surface area contributed by atoms with Crippen molar-refractivity contribution in [2.24, 2.45) is 10.8 Å². The minimum Gasteiger partial charge on any atom is -0.458 e. The fourth-order valence-electron chi connectivity index (χ4n) is 9.13. The summed E-state index contributed by atoms with van der Waals surface area (Å²) in [5.41, 5.74) is 18.3. The lowest BCUT2D eigenvalue weighted by Crippen LogP contribution is -2.57. The number of hydrogen-bond donors (Lipinski definition) is 0. The highest BCUT2D eigenvalue weighted by Gasteiger charge is 2.37. The molecule has 0 N–H and O–H groups in total. The second kappa shape index (κ2) is 23.0. The lowest BCUT2D eigenvalue weighted by atomic mass is 9.34. The summed E-state index contributed by atoms with van der Waals surface area (Å²) in [6, 6.07) is 45.0. The Balaban J connectivity index is 0.000000212. The van der Waals surface area contributed by atoms with Crippen molar-refractivity contribution in [2.45, 2.75) is 184 Å². The van der Waals surface area contributed by atoms with E-state index in [1.165, 1.54) is 70.5 Å². The summed E-state index contributed by atoms with van der Waals surface area (Å²) in [6.07, 6.45) is 0. The topological polar surface area (TPSA) is 9.23 Å². The molecular formula is C64H86B2OS. The zero-order valence-corrected chi connectivity index (χ0v) is 46.8. The third-order valence-electron chi connectivity index (χ3n) is 12.3. The summed E-state index contributed by atoms with van der Waals surface area (Å²) in [4.78, 5) is 2.79. The van der Waals surface area contributed by atoms with Gasteiger partial charge in [0.15, 0.2) is 0 Å². The van der Waals surface area contributed by atoms with Crippen molar-refractivity contribution in [1.82, 2.24) is 0 Å². The van der Waals surface area contributed by atoms with Crippen LogP contribution in [0.1, 0.15) is 207 Å². The van der Waals surface area contributed by atoms with Crippen molar-refractivity contribution in [3.8, 4) is 11.5 Å². The van der Waals surface area contributed by atoms with Gasteiger partial charge in [-0.05, 0) is 115 Å². The Kier molecular flexibility index (Phi) is 18.5. The standard InChI is InChI=1S/C27H31BO.C27H31BS.2C5H12/c2*1-17(2)20-15-21(18(3)4)27(22(16-20)19(5)6)28-23-11-7-9-13-25(23)29-26-14-10-8-12-24(26)28;2*1-5(2,3)4/h2*7-19H,1-6H3;2*1-4H3. The molecule has 6 aromatic carbocycles. The highest BCUT2D eigenvalue weighted by atomic mass is 32.2. The molecule has 0 saturated heterocycles. The predicted molar refractivity (Wildman–Crippen MR) is 307 cm³/mol. The van der Waals surface area contributed by atoms with Crippen LogP contribution in [0.25, 0.3) is 0 Å². The molecule has 2 aliphatic rings. The van der Waals surface area contributed by atoms with Gasteiger partial charge in [0, 0.05) is 9.79 Å². The first-order valence-electron chi connectivity index (χ1n) is 25.8. The molecule has 0 aromatic heterocycles. The number of para-hydroxylation sites is 2. The van der Waals surface area contributed by atoms with E-state index in [1.54, 1.807) is 5.46 Å². The van der Waals surface area contributed by atoms with Crippen LogP contribution < -0.4 is 37.5 Å². The minimum atomic E-state index is 0.201. The fourth-order valence-corrected chi connectivity index (χ4v) is 10.3. The summed E-state index contributed by atoms with van der Waals surface area (Å²) in [6.45, 7) is 45.9. The van der Waals surface area contributed by atoms with E-state index in [1.807, 2.05) is 11.8 Å². The molecule has 0 atom stereocenters. The Hall–Kier alpha value is -4.40. The molecule has 0 bridgehead atoms. The van der Waals surface area contributed by atoms with E-state index in [4.69, 9.17) is 4.74 Å². The Bertz CT molecular complexity index is 2260. The number of ether oxygens (including phenoxy) is 1. The molecular weight excluding hydrogens is 838 g/mol. The van der Waals surface area contributed by atoms with Gasteiger partial charge in [-0.2, -0.15) is 0 Å². The Labute approximate surface area is 421 Å². The fraction of sp³-hybridized carbons (Fsp3) is 0.438. The van der Waals surface area contributed by atoms with Gasteiger partial charge >= 0.3 is 0 Å². The zero-order chi connectivity index (χ0) is 50.4. The van der Waals surface area contributed by atoms with Crippen LogP contribution in [0, 0.1) is 10.8 Å². The lowest BCUT2D eigenvalue weighted by Gasteiger charge is -2.32. The number of hydrogen-bond acceptors (Lipinski definition) is 2. The van der Waals surface area contributed by atoms with Gasteiger partial charge in [0.05, 0.1) is 0 Å². The van der Waals surface area contributed by atoms with Crippen molar-refractivity contribution in [3.63, 3.8) is 0 Å². The van der Waals surface area contributed by atoms with Gasteiger partial charge in [0.25, 0.3) is 6.71 Å². The van der Waals surface area contributed by atoms with Crippen LogP contribution in [0.3, 0.4) is 0 Å². The van der Waals surface area contributed by atoms with Gasteiger partial charge < -0.3 is 4.74 Å². The van der Waals surface area contributed by atoms with Crippen LogP contribution in [-0.2, 0) is 0 Å². The van der Waals surface area contributed by atoms with Crippen LogP contribution in [0.4, 0.5) is 0 Å². The van der Waals surface area contributed by atoms with Crippen LogP contribution in [0.2, 0.25) is 0 Å². The van der Waals surface area contributed by atoms with E-state index in [0.29, 0.717) is 53.1 Å². The van der Waals surface area contributed by atoms with Crippen molar-refractivity contribution in [2.75, 3.05) is 0 Å². The summed E-state index contributed by atoms with van der Waals surface area (Å²) in [5, 5.41) is 0. The Morgan fingerprint density at radius 2 is 0.603 bits per heavy atom. The average Bonchev–Trinajstić information content (AvgIpc) is 3.25. The maximum Gasteiger partial charge on any atom is 0.251 e. The molecule has 0 spiro atoms. The highest BCUT2D eigenvalue weighted by molar-refractivity contribution is 8.00. The molecule has 6 aromatic rings. The average molecular weight is 925 g/mol. The summed E-state index contributed by atoms with van der Waals surface area (Å²) in [7, 11) is 0. The molecule has 0 fully saturated rings. The molecule has 68 heavy (non-hydrogen) atoms. The molecule has 2 aliphatic heterocycles. The highest BCUT2D eigenvalue weighted by Crippen LogP contribution is 2.34. The third-order valence-corrected chi connectivity index (χ3v) is 13.5. The maximum absolute atomic E-state index is 6.29. The monoisotopic (exact) mass is 925 g/mol. The van der Waals surface area contributed by atoms with Gasteiger partial charge in [0.2, 0.25) is 6.71 Å². The first kappa shape index (κ1) is 54.5. The number of benzene rings is 6. The van der Waals surface area contributed by atoms with Crippen LogP contribution >= 0.6 is 11.8 Å². The van der Waals surface area contributed by atoms with Gasteiger partial charge in [-0.1, -0.05) is 269 Å². The van der Waals surface area contributed by atoms with E-state index >= 15 is 0 Å². The van der Waals surface area contributed by atoms with Crippen LogP contribution in [-0.4, -0.2) is 13.4 Å². The molecule has 0 radical (unpaired) electrons. The smallest absolute Gasteiger partial charge is 0.251 e. The van der Waals surface area contributed by atoms with Crippen LogP contribution in [0.5, 0.6) is 11.5 Å². The summed E-state index contributed by atoms with van der Waals surface area (Å²) in [5.74, 6) is 4.94. The normalized spacial score (nSPS) is 12.9. The molecule has 0 aliphatic carbocycles. The molecule has 1 nitrogen and oxygen atoms in total. The minimum absolute atomic E-state index is 0.201. The second-order valence-corrected chi connectivity index (χ2v) is 25.5. The first-order valence-corrected chi connectivity index (χ1v) is 26.6. The van der Waals surface area contributed by atoms with E-state index in [-0.39, 0.29) is 6.71 Å². The summed E-state index contributed by atoms with van der Waals surface area (Å²) < 4.78 is 6.29. The molecule has 2 heterocycles. The van der Waals surface area contributed by atoms with Crippen molar-refractivity contribution in [3.05, 3.63) is 155 Å². The second-order valence-electron chi connectivity index (χ2n) is 24.4. The largest absolute Gasteiger partial charge is 0.458 e. The SMILES string of the molecule is CC(C)(C)C.CC(C)(C)C.CC(C)c1cc(C(C)C)c(B2c3ccccc3Oc3ccccc32)c(C(C)C)c1.CC(C)c1cc(C(C)C)c(B2c3ccccc3Sc3ccccc32)c(C(C)C)c1. The number of fused-ring (bicyclic) bond motifs is 4. The maximum atomic E-state index is 6.29. The lowest BCUT2D eigenvalue weighted by molar-refractivity contribution is 0.469. The molecule has 4 heteroatoms. The summed E-state index contributed by atoms with van der Waals surface area (Å²) >= 11 is 1.92. The Morgan fingerprint density at radius 3 is 0.882 bits per heavy atom. The molecule has 0 unspecified atom stereocenters. The molecule has 0 amide bonds. The van der Waals surface area contributed by atoms with Crippen molar-refractivity contribution < 1.29 is 4.74 Å². The number of rotatable bonds is 8. The predicted octanol–water partition coefficient (Wildman–Crippen LogP) is 15.8.